The van der Waals surface area contributed by atoms with Crippen molar-refractivity contribution in [1.29, 1.82) is 0 Å². The standard InChI is InChI=1S/C18H21NO5S/c1-12(13-5-7-17(8-6-13)25(4,21)22)19-18(20)14-9-15(23-2)11-16(10-14)24-3/h5-12H,1-4H3,(H,19,20)/t12-/m1/s1. The van der Waals surface area contributed by atoms with Crippen LogP contribution >= 0.6 is 0 Å². The lowest BCUT2D eigenvalue weighted by molar-refractivity contribution is 0.0939. The normalized spacial score (nSPS) is 12.3. The molecule has 0 bridgehead atoms. The number of benzene rings is 2. The van der Waals surface area contributed by atoms with Crippen molar-refractivity contribution >= 4 is 15.7 Å². The first-order valence-corrected chi connectivity index (χ1v) is 9.47. The van der Waals surface area contributed by atoms with Crippen molar-refractivity contribution in [3.05, 3.63) is 53.6 Å². The van der Waals surface area contributed by atoms with E-state index in [0.717, 1.165) is 11.8 Å². The molecule has 6 nitrogen and oxygen atoms in total. The maximum atomic E-state index is 12.5. The molecule has 0 unspecified atom stereocenters. The van der Waals surface area contributed by atoms with Gasteiger partial charge in [-0.25, -0.2) is 8.42 Å². The van der Waals surface area contributed by atoms with Crippen LogP contribution in [0.4, 0.5) is 0 Å². The molecule has 0 fully saturated rings. The van der Waals surface area contributed by atoms with Crippen molar-refractivity contribution in [3.8, 4) is 11.5 Å². The van der Waals surface area contributed by atoms with Crippen molar-refractivity contribution in [3.63, 3.8) is 0 Å². The third-order valence-electron chi connectivity index (χ3n) is 3.77. The summed E-state index contributed by atoms with van der Waals surface area (Å²) in [7, 11) is -0.209. The number of hydrogen-bond donors (Lipinski definition) is 1. The number of ether oxygens (including phenoxy) is 2. The number of carbonyl (C=O) groups is 1. The second-order valence-electron chi connectivity index (χ2n) is 5.64. The molecule has 1 amide bonds. The van der Waals surface area contributed by atoms with E-state index in [1.807, 2.05) is 6.92 Å². The molecule has 1 N–H and O–H groups in total. The Labute approximate surface area is 147 Å². The molecule has 2 aromatic rings. The molecule has 0 heterocycles. The van der Waals surface area contributed by atoms with E-state index < -0.39 is 9.84 Å². The largest absolute Gasteiger partial charge is 0.497 e. The minimum atomic E-state index is -3.24. The molecule has 2 aromatic carbocycles. The molecule has 0 radical (unpaired) electrons. The highest BCUT2D eigenvalue weighted by Gasteiger charge is 2.15. The molecule has 0 saturated heterocycles. The summed E-state index contributed by atoms with van der Waals surface area (Å²) in [5.41, 5.74) is 1.21. The lowest BCUT2D eigenvalue weighted by atomic mass is 10.1. The van der Waals surface area contributed by atoms with Crippen molar-refractivity contribution in [2.45, 2.75) is 17.9 Å². The summed E-state index contributed by atoms with van der Waals surface area (Å²) < 4.78 is 33.3. The number of sulfone groups is 1. The topological polar surface area (TPSA) is 81.7 Å². The van der Waals surface area contributed by atoms with E-state index in [9.17, 15) is 13.2 Å². The van der Waals surface area contributed by atoms with Crippen LogP contribution in [0.3, 0.4) is 0 Å². The van der Waals surface area contributed by atoms with Gasteiger partial charge in [-0.1, -0.05) is 12.1 Å². The Bertz CT molecular complexity index is 837. The number of amides is 1. The summed E-state index contributed by atoms with van der Waals surface area (Å²) in [5, 5.41) is 2.87. The predicted octanol–water partition coefficient (Wildman–Crippen LogP) is 2.60. The Morgan fingerprint density at radius 1 is 1.00 bits per heavy atom. The fraction of sp³-hybridized carbons (Fsp3) is 0.278. The van der Waals surface area contributed by atoms with E-state index in [1.54, 1.807) is 30.3 Å². The van der Waals surface area contributed by atoms with Gasteiger partial charge in [0.1, 0.15) is 11.5 Å². The third kappa shape index (κ3) is 4.73. The molecule has 0 aliphatic rings. The Hall–Kier alpha value is -2.54. The average Bonchev–Trinajstić information content (AvgIpc) is 2.60. The van der Waals surface area contributed by atoms with Gasteiger partial charge in [0.25, 0.3) is 5.91 Å². The SMILES string of the molecule is COc1cc(OC)cc(C(=O)N[C@H](C)c2ccc(S(C)(=O)=O)cc2)c1. The molecule has 1 atom stereocenters. The number of rotatable bonds is 6. The van der Waals surface area contributed by atoms with Crippen LogP contribution in [0, 0.1) is 0 Å². The van der Waals surface area contributed by atoms with E-state index >= 15 is 0 Å². The summed E-state index contributed by atoms with van der Waals surface area (Å²) in [4.78, 5) is 12.7. The second-order valence-corrected chi connectivity index (χ2v) is 7.65. The van der Waals surface area contributed by atoms with E-state index in [4.69, 9.17) is 9.47 Å². The molecular weight excluding hydrogens is 342 g/mol. The minimum Gasteiger partial charge on any atom is -0.497 e. The fourth-order valence-electron chi connectivity index (χ4n) is 2.31. The van der Waals surface area contributed by atoms with Crippen LogP contribution in [-0.2, 0) is 9.84 Å². The first kappa shape index (κ1) is 18.8. The van der Waals surface area contributed by atoms with E-state index in [2.05, 4.69) is 5.32 Å². The molecule has 0 spiro atoms. The molecule has 0 aliphatic carbocycles. The van der Waals surface area contributed by atoms with Crippen LogP contribution in [0.25, 0.3) is 0 Å². The molecule has 25 heavy (non-hydrogen) atoms. The lowest BCUT2D eigenvalue weighted by Crippen LogP contribution is -2.26. The number of hydrogen-bond acceptors (Lipinski definition) is 5. The van der Waals surface area contributed by atoms with Gasteiger partial charge in [0.05, 0.1) is 25.2 Å². The van der Waals surface area contributed by atoms with Crippen molar-refractivity contribution in [2.75, 3.05) is 20.5 Å². The number of methoxy groups -OCH3 is 2. The molecule has 0 aromatic heterocycles. The quantitative estimate of drug-likeness (QED) is 0.853. The molecule has 7 heteroatoms. The number of carbonyl (C=O) groups excluding carboxylic acids is 1. The van der Waals surface area contributed by atoms with Gasteiger partial charge in [-0.15, -0.1) is 0 Å². The van der Waals surface area contributed by atoms with Crippen molar-refractivity contribution in [2.24, 2.45) is 0 Å². The first-order chi connectivity index (χ1) is 11.7. The average molecular weight is 363 g/mol. The Kier molecular flexibility index (Phi) is 5.69. The Morgan fingerprint density at radius 3 is 1.96 bits per heavy atom. The van der Waals surface area contributed by atoms with Crippen molar-refractivity contribution in [1.82, 2.24) is 5.32 Å². The van der Waals surface area contributed by atoms with Gasteiger partial charge in [0.2, 0.25) is 0 Å². The highest BCUT2D eigenvalue weighted by molar-refractivity contribution is 7.90. The van der Waals surface area contributed by atoms with Gasteiger partial charge in [0.15, 0.2) is 9.84 Å². The lowest BCUT2D eigenvalue weighted by Gasteiger charge is -2.15. The van der Waals surface area contributed by atoms with Crippen molar-refractivity contribution < 1.29 is 22.7 Å². The molecule has 134 valence electrons. The smallest absolute Gasteiger partial charge is 0.252 e. The number of nitrogens with one attached hydrogen (secondary N) is 1. The van der Waals surface area contributed by atoms with Gasteiger partial charge in [-0.3, -0.25) is 4.79 Å². The maximum absolute atomic E-state index is 12.5. The summed E-state index contributed by atoms with van der Waals surface area (Å²) in [5.74, 6) is 0.765. The van der Waals surface area contributed by atoms with Crippen LogP contribution in [-0.4, -0.2) is 34.8 Å². The Balaban J connectivity index is 2.17. The first-order valence-electron chi connectivity index (χ1n) is 7.58. The van der Waals surface area contributed by atoms with Gasteiger partial charge < -0.3 is 14.8 Å². The molecular formula is C18H21NO5S. The van der Waals surface area contributed by atoms with E-state index in [1.165, 1.54) is 26.4 Å². The zero-order valence-corrected chi connectivity index (χ0v) is 15.4. The maximum Gasteiger partial charge on any atom is 0.252 e. The van der Waals surface area contributed by atoms with Crippen LogP contribution in [0.5, 0.6) is 11.5 Å². The molecule has 0 saturated carbocycles. The second kappa shape index (κ2) is 7.57. The van der Waals surface area contributed by atoms with Crippen LogP contribution in [0.2, 0.25) is 0 Å². The fourth-order valence-corrected chi connectivity index (χ4v) is 2.94. The summed E-state index contributed by atoms with van der Waals surface area (Å²) in [6, 6.07) is 11.1. The van der Waals surface area contributed by atoms with Gasteiger partial charge in [-0.05, 0) is 36.8 Å². The molecule has 2 rings (SSSR count). The predicted molar refractivity (Wildman–Crippen MR) is 95.0 cm³/mol. The highest BCUT2D eigenvalue weighted by Crippen LogP contribution is 2.23. The summed E-state index contributed by atoms with van der Waals surface area (Å²) in [6.07, 6.45) is 1.16. The van der Waals surface area contributed by atoms with Crippen LogP contribution in [0.15, 0.2) is 47.4 Å². The highest BCUT2D eigenvalue weighted by atomic mass is 32.2. The van der Waals surface area contributed by atoms with Gasteiger partial charge >= 0.3 is 0 Å². The van der Waals surface area contributed by atoms with Gasteiger partial charge in [-0.2, -0.15) is 0 Å². The van der Waals surface area contributed by atoms with E-state index in [0.29, 0.717) is 17.1 Å². The zero-order valence-electron chi connectivity index (χ0n) is 14.6. The molecule has 0 aliphatic heterocycles. The summed E-state index contributed by atoms with van der Waals surface area (Å²) >= 11 is 0. The zero-order chi connectivity index (χ0) is 18.6. The van der Waals surface area contributed by atoms with Crippen LogP contribution < -0.4 is 14.8 Å². The monoisotopic (exact) mass is 363 g/mol. The van der Waals surface area contributed by atoms with Crippen LogP contribution in [0.1, 0.15) is 28.9 Å². The Morgan fingerprint density at radius 2 is 1.52 bits per heavy atom. The van der Waals surface area contributed by atoms with Gasteiger partial charge in [0, 0.05) is 17.9 Å². The minimum absolute atomic E-state index is 0.243. The summed E-state index contributed by atoms with van der Waals surface area (Å²) in [6.45, 7) is 1.82. The van der Waals surface area contributed by atoms with E-state index in [-0.39, 0.29) is 16.8 Å². The third-order valence-corrected chi connectivity index (χ3v) is 4.90.